The predicted molar refractivity (Wildman–Crippen MR) is 36.8 cm³/mol. The van der Waals surface area contributed by atoms with E-state index >= 15 is 0 Å². The highest BCUT2D eigenvalue weighted by atomic mass is 16.5. The van der Waals surface area contributed by atoms with E-state index < -0.39 is 11.6 Å². The Balaban J connectivity index is 2.46. The SMILES string of the molecule is [B]C1(O)COCCC(O)C1. The Labute approximate surface area is 61.4 Å². The zero-order chi connectivity index (χ0) is 7.61. The minimum atomic E-state index is -1.34. The molecule has 0 spiro atoms. The minimum absolute atomic E-state index is 0.115. The molecule has 4 heteroatoms. The van der Waals surface area contributed by atoms with E-state index in [2.05, 4.69) is 0 Å². The molecule has 10 heavy (non-hydrogen) atoms. The molecule has 0 aromatic rings. The fourth-order valence-corrected chi connectivity index (χ4v) is 1.04. The molecule has 56 valence electrons. The molecule has 1 fully saturated rings. The van der Waals surface area contributed by atoms with Gasteiger partial charge in [0.05, 0.1) is 12.7 Å². The van der Waals surface area contributed by atoms with E-state index in [4.69, 9.17) is 17.7 Å². The van der Waals surface area contributed by atoms with Gasteiger partial charge in [0, 0.05) is 12.1 Å². The standard InChI is InChI=1S/C6H11BO3/c7-6(9)3-5(8)1-2-10-4-6/h5,8-9H,1-4H2. The van der Waals surface area contributed by atoms with Gasteiger partial charge in [0.2, 0.25) is 0 Å². The van der Waals surface area contributed by atoms with Crippen LogP contribution in [0.4, 0.5) is 0 Å². The maximum absolute atomic E-state index is 9.22. The fourth-order valence-electron chi connectivity index (χ4n) is 1.04. The van der Waals surface area contributed by atoms with Crippen LogP contribution in [-0.4, -0.2) is 42.9 Å². The molecule has 0 aromatic carbocycles. The lowest BCUT2D eigenvalue weighted by Crippen LogP contribution is -2.36. The molecule has 2 radical (unpaired) electrons. The Kier molecular flexibility index (Phi) is 2.34. The van der Waals surface area contributed by atoms with Crippen molar-refractivity contribution < 1.29 is 14.9 Å². The molecular weight excluding hydrogens is 131 g/mol. The first-order valence-electron chi connectivity index (χ1n) is 3.37. The topological polar surface area (TPSA) is 49.7 Å². The van der Waals surface area contributed by atoms with Gasteiger partial charge in [-0.1, -0.05) is 0 Å². The summed E-state index contributed by atoms with van der Waals surface area (Å²) in [5.41, 5.74) is -1.34. The van der Waals surface area contributed by atoms with Crippen LogP contribution in [0.25, 0.3) is 0 Å². The van der Waals surface area contributed by atoms with Crippen LogP contribution in [0.15, 0.2) is 0 Å². The summed E-state index contributed by atoms with van der Waals surface area (Å²) in [6.45, 7) is 0.588. The maximum atomic E-state index is 9.22. The lowest BCUT2D eigenvalue weighted by atomic mass is 9.78. The molecule has 1 heterocycles. The normalized spacial score (nSPS) is 42.8. The zero-order valence-electron chi connectivity index (χ0n) is 5.79. The van der Waals surface area contributed by atoms with Gasteiger partial charge in [-0.3, -0.25) is 0 Å². The van der Waals surface area contributed by atoms with Crippen molar-refractivity contribution in [1.82, 2.24) is 0 Å². The number of rotatable bonds is 0. The van der Waals surface area contributed by atoms with E-state index in [0.717, 1.165) is 0 Å². The van der Waals surface area contributed by atoms with Crippen molar-refractivity contribution in [3.63, 3.8) is 0 Å². The average molecular weight is 142 g/mol. The molecule has 3 nitrogen and oxygen atoms in total. The van der Waals surface area contributed by atoms with Crippen LogP contribution in [-0.2, 0) is 4.74 Å². The van der Waals surface area contributed by atoms with Crippen molar-refractivity contribution in [2.24, 2.45) is 0 Å². The van der Waals surface area contributed by atoms with Gasteiger partial charge in [0.1, 0.15) is 7.85 Å². The van der Waals surface area contributed by atoms with Gasteiger partial charge in [0.25, 0.3) is 0 Å². The van der Waals surface area contributed by atoms with Gasteiger partial charge in [-0.15, -0.1) is 0 Å². The molecule has 1 saturated heterocycles. The molecule has 0 bridgehead atoms. The minimum Gasteiger partial charge on any atom is -0.397 e. The molecule has 2 N–H and O–H groups in total. The third-order valence-electron chi connectivity index (χ3n) is 1.54. The Bertz CT molecular complexity index is 116. The van der Waals surface area contributed by atoms with E-state index in [9.17, 15) is 5.11 Å². The number of hydrogen-bond donors (Lipinski definition) is 2. The van der Waals surface area contributed by atoms with Crippen molar-refractivity contribution in [2.75, 3.05) is 13.2 Å². The molecule has 0 saturated carbocycles. The fraction of sp³-hybridized carbons (Fsp3) is 1.00. The third-order valence-corrected chi connectivity index (χ3v) is 1.54. The highest BCUT2D eigenvalue weighted by Gasteiger charge is 2.26. The first-order chi connectivity index (χ1) is 4.60. The number of hydrogen-bond acceptors (Lipinski definition) is 3. The lowest BCUT2D eigenvalue weighted by Gasteiger charge is -2.21. The van der Waals surface area contributed by atoms with E-state index in [-0.39, 0.29) is 13.0 Å². The molecule has 0 aliphatic carbocycles. The quantitative estimate of drug-likeness (QED) is 0.427. The van der Waals surface area contributed by atoms with Crippen LogP contribution in [0.5, 0.6) is 0 Å². The van der Waals surface area contributed by atoms with Crippen molar-refractivity contribution in [1.29, 1.82) is 0 Å². The first-order valence-corrected chi connectivity index (χ1v) is 3.37. The van der Waals surface area contributed by atoms with Gasteiger partial charge in [0.15, 0.2) is 0 Å². The van der Waals surface area contributed by atoms with Gasteiger partial charge in [-0.05, 0) is 12.8 Å². The van der Waals surface area contributed by atoms with E-state index in [1.165, 1.54) is 0 Å². The van der Waals surface area contributed by atoms with Crippen molar-refractivity contribution >= 4 is 7.85 Å². The van der Waals surface area contributed by atoms with Crippen LogP contribution >= 0.6 is 0 Å². The Morgan fingerprint density at radius 3 is 3.00 bits per heavy atom. The Hall–Kier alpha value is -0.0551. The monoisotopic (exact) mass is 142 g/mol. The van der Waals surface area contributed by atoms with Crippen molar-refractivity contribution in [3.8, 4) is 0 Å². The summed E-state index contributed by atoms with van der Waals surface area (Å²) in [5.74, 6) is 0. The van der Waals surface area contributed by atoms with Crippen LogP contribution in [0.3, 0.4) is 0 Å². The highest BCUT2D eigenvalue weighted by Crippen LogP contribution is 2.15. The third kappa shape index (κ3) is 2.29. The molecule has 0 aromatic heterocycles. The summed E-state index contributed by atoms with van der Waals surface area (Å²) < 4.78 is 4.95. The smallest absolute Gasteiger partial charge is 0.116 e. The van der Waals surface area contributed by atoms with Crippen LogP contribution in [0, 0.1) is 0 Å². The molecule has 1 rings (SSSR count). The summed E-state index contributed by atoms with van der Waals surface area (Å²) in [6, 6.07) is 0. The van der Waals surface area contributed by atoms with Crippen LogP contribution < -0.4 is 0 Å². The summed E-state index contributed by atoms with van der Waals surface area (Å²) >= 11 is 0. The largest absolute Gasteiger partial charge is 0.397 e. The van der Waals surface area contributed by atoms with E-state index in [1.807, 2.05) is 0 Å². The lowest BCUT2D eigenvalue weighted by molar-refractivity contribution is 0.0149. The van der Waals surface area contributed by atoms with Crippen LogP contribution in [0.1, 0.15) is 12.8 Å². The molecule has 2 unspecified atom stereocenters. The van der Waals surface area contributed by atoms with Crippen LogP contribution in [0.2, 0.25) is 0 Å². The van der Waals surface area contributed by atoms with Crippen molar-refractivity contribution in [3.05, 3.63) is 0 Å². The molecular formula is C6H11BO3. The summed E-state index contributed by atoms with van der Waals surface area (Å²) in [5, 5.41) is 18.3. The van der Waals surface area contributed by atoms with Gasteiger partial charge in [-0.25, -0.2) is 0 Å². The number of aliphatic hydroxyl groups excluding tert-OH is 1. The summed E-state index contributed by atoms with van der Waals surface area (Å²) in [7, 11) is 5.34. The first kappa shape index (κ1) is 8.05. The maximum Gasteiger partial charge on any atom is 0.116 e. The highest BCUT2D eigenvalue weighted by molar-refractivity contribution is 6.14. The Morgan fingerprint density at radius 1 is 1.60 bits per heavy atom. The Morgan fingerprint density at radius 2 is 2.30 bits per heavy atom. The molecule has 0 amide bonds. The van der Waals surface area contributed by atoms with Gasteiger partial charge < -0.3 is 14.9 Å². The summed E-state index contributed by atoms with van der Waals surface area (Å²) in [6.07, 6.45) is 0.226. The second-order valence-electron chi connectivity index (χ2n) is 2.80. The molecule has 1 aliphatic heterocycles. The van der Waals surface area contributed by atoms with Gasteiger partial charge in [-0.2, -0.15) is 0 Å². The van der Waals surface area contributed by atoms with Gasteiger partial charge >= 0.3 is 0 Å². The zero-order valence-corrected chi connectivity index (χ0v) is 5.79. The van der Waals surface area contributed by atoms with Crippen molar-refractivity contribution in [2.45, 2.75) is 24.4 Å². The second-order valence-corrected chi connectivity index (χ2v) is 2.80. The predicted octanol–water partition coefficient (Wildman–Crippen LogP) is -0.985. The molecule has 2 atom stereocenters. The van der Waals surface area contributed by atoms with E-state index in [0.29, 0.717) is 13.0 Å². The number of aliphatic hydroxyl groups is 2. The molecule has 1 aliphatic rings. The second kappa shape index (κ2) is 2.90. The summed E-state index contributed by atoms with van der Waals surface area (Å²) in [4.78, 5) is 0. The number of ether oxygens (including phenoxy) is 1. The van der Waals surface area contributed by atoms with E-state index in [1.54, 1.807) is 0 Å². The average Bonchev–Trinajstić information content (AvgIpc) is 1.90.